The Morgan fingerprint density at radius 2 is 1.83 bits per heavy atom. The van der Waals surface area contributed by atoms with E-state index in [-0.39, 0.29) is 5.91 Å². The monoisotopic (exact) mass is 324 g/mol. The zero-order valence-corrected chi connectivity index (χ0v) is 15.7. The third-order valence-corrected chi connectivity index (χ3v) is 3.67. The Morgan fingerprint density at radius 3 is 2.39 bits per heavy atom. The van der Waals surface area contributed by atoms with Crippen LogP contribution in [0.3, 0.4) is 0 Å². The van der Waals surface area contributed by atoms with Gasteiger partial charge in [-0.05, 0) is 47.0 Å². The second-order valence-corrected chi connectivity index (χ2v) is 6.47. The molecule has 0 aromatic heterocycles. The van der Waals surface area contributed by atoms with Crippen LogP contribution in [-0.4, -0.2) is 50.0 Å². The summed E-state index contributed by atoms with van der Waals surface area (Å²) in [5.74, 6) is 0.917. The summed E-state index contributed by atoms with van der Waals surface area (Å²) in [6.45, 7) is 14.5. The number of carbonyl (C=O) groups is 1. The third kappa shape index (κ3) is 9.26. The van der Waals surface area contributed by atoms with Crippen molar-refractivity contribution in [1.29, 1.82) is 0 Å². The number of guanidine groups is 1. The average molecular weight is 325 g/mol. The van der Waals surface area contributed by atoms with Gasteiger partial charge < -0.3 is 15.5 Å². The normalized spacial score (nSPS) is 12.0. The maximum absolute atomic E-state index is 12.1. The lowest BCUT2D eigenvalue weighted by Gasteiger charge is -2.25. The summed E-state index contributed by atoms with van der Waals surface area (Å²) < 4.78 is 0. The number of hydrogen-bond acceptors (Lipinski definition) is 2. The fraction of sp³-hybridized carbons (Fsp3) is 0.778. The van der Waals surface area contributed by atoms with Crippen molar-refractivity contribution in [2.45, 2.75) is 53.4 Å². The molecule has 0 aromatic carbocycles. The van der Waals surface area contributed by atoms with Gasteiger partial charge in [0.25, 0.3) is 0 Å². The molecule has 2 N–H and O–H groups in total. The quantitative estimate of drug-likeness (QED) is 0.266. The summed E-state index contributed by atoms with van der Waals surface area (Å²) in [7, 11) is 2.05. The number of hydrogen-bond donors (Lipinski definition) is 2. The predicted molar refractivity (Wildman–Crippen MR) is 99.7 cm³/mol. The molecule has 0 spiro atoms. The molecule has 5 heteroatoms. The number of unbranched alkanes of at least 4 members (excludes halogenated alkanes) is 3. The molecule has 0 aliphatic rings. The van der Waals surface area contributed by atoms with Crippen molar-refractivity contribution in [2.75, 3.05) is 33.2 Å². The lowest BCUT2D eigenvalue weighted by Crippen LogP contribution is -2.42. The molecule has 0 aromatic rings. The van der Waals surface area contributed by atoms with E-state index in [2.05, 4.69) is 34.0 Å². The zero-order valence-electron chi connectivity index (χ0n) is 15.7. The molecule has 0 unspecified atom stereocenters. The molecule has 5 nitrogen and oxygen atoms in total. The predicted octanol–water partition coefficient (Wildman–Crippen LogP) is 2.79. The number of nitrogens with one attached hydrogen (secondary N) is 2. The Bertz CT molecular complexity index is 377. The maximum atomic E-state index is 12.1. The van der Waals surface area contributed by atoms with Crippen LogP contribution in [0.15, 0.2) is 17.6 Å². The highest BCUT2D eigenvalue weighted by atomic mass is 16.2. The van der Waals surface area contributed by atoms with Crippen LogP contribution in [0.1, 0.15) is 53.4 Å². The molecule has 0 saturated heterocycles. The highest BCUT2D eigenvalue weighted by Gasteiger charge is 2.27. The Balaban J connectivity index is 4.56. The van der Waals surface area contributed by atoms with Gasteiger partial charge in [0.2, 0.25) is 5.91 Å². The van der Waals surface area contributed by atoms with Gasteiger partial charge in [0, 0.05) is 26.7 Å². The van der Waals surface area contributed by atoms with Gasteiger partial charge >= 0.3 is 0 Å². The van der Waals surface area contributed by atoms with Crippen LogP contribution < -0.4 is 10.6 Å². The smallest absolute Gasteiger partial charge is 0.227 e. The molecule has 0 saturated carbocycles. The minimum atomic E-state index is -0.499. The van der Waals surface area contributed by atoms with Gasteiger partial charge in [-0.3, -0.25) is 9.79 Å². The van der Waals surface area contributed by atoms with Crippen LogP contribution in [0.4, 0.5) is 0 Å². The van der Waals surface area contributed by atoms with Crippen molar-refractivity contribution in [3.63, 3.8) is 0 Å². The molecule has 0 radical (unpaired) electrons. The highest BCUT2D eigenvalue weighted by Crippen LogP contribution is 2.15. The van der Waals surface area contributed by atoms with Crippen molar-refractivity contribution in [3.8, 4) is 0 Å². The molecule has 1 amide bonds. The Kier molecular flexibility index (Phi) is 11.2. The van der Waals surface area contributed by atoms with E-state index in [0.29, 0.717) is 13.1 Å². The van der Waals surface area contributed by atoms with E-state index in [4.69, 9.17) is 0 Å². The number of amides is 1. The van der Waals surface area contributed by atoms with Gasteiger partial charge in [-0.15, -0.1) is 6.58 Å². The minimum absolute atomic E-state index is 0.0478. The van der Waals surface area contributed by atoms with Crippen LogP contribution in [0, 0.1) is 5.41 Å². The Labute approximate surface area is 142 Å². The Hall–Kier alpha value is -1.52. The van der Waals surface area contributed by atoms with Crippen molar-refractivity contribution in [2.24, 2.45) is 10.4 Å². The molecule has 0 atom stereocenters. The first-order valence-corrected chi connectivity index (χ1v) is 8.77. The average Bonchev–Trinajstić information content (AvgIpc) is 2.51. The van der Waals surface area contributed by atoms with Gasteiger partial charge in [-0.25, -0.2) is 0 Å². The van der Waals surface area contributed by atoms with Crippen LogP contribution in [0.2, 0.25) is 0 Å². The SMILES string of the molecule is C=CCCCCCN(C)C(=NCC(C)(C)C(=O)NCC)NCC. The van der Waals surface area contributed by atoms with E-state index in [1.54, 1.807) is 0 Å². The van der Waals surface area contributed by atoms with Crippen LogP contribution in [0.25, 0.3) is 0 Å². The summed E-state index contributed by atoms with van der Waals surface area (Å²) in [5.41, 5.74) is -0.499. The number of aliphatic imine (C=N–C) groups is 1. The second kappa shape index (κ2) is 12.0. The molecule has 0 fully saturated rings. The number of allylic oxidation sites excluding steroid dienone is 1. The number of carbonyl (C=O) groups excluding carboxylic acids is 1. The Morgan fingerprint density at radius 1 is 1.17 bits per heavy atom. The molecule has 0 bridgehead atoms. The van der Waals surface area contributed by atoms with Crippen LogP contribution in [-0.2, 0) is 4.79 Å². The maximum Gasteiger partial charge on any atom is 0.227 e. The number of rotatable bonds is 11. The third-order valence-electron chi connectivity index (χ3n) is 3.67. The molecule has 0 aliphatic heterocycles. The van der Waals surface area contributed by atoms with Gasteiger partial charge in [-0.1, -0.05) is 12.5 Å². The van der Waals surface area contributed by atoms with E-state index in [1.807, 2.05) is 33.9 Å². The molecule has 134 valence electrons. The van der Waals surface area contributed by atoms with Crippen LogP contribution >= 0.6 is 0 Å². The van der Waals surface area contributed by atoms with E-state index in [9.17, 15) is 4.79 Å². The largest absolute Gasteiger partial charge is 0.357 e. The van der Waals surface area contributed by atoms with Crippen LogP contribution in [0.5, 0.6) is 0 Å². The molecule has 23 heavy (non-hydrogen) atoms. The summed E-state index contributed by atoms with van der Waals surface area (Å²) >= 11 is 0. The molecular formula is C18H36N4O. The second-order valence-electron chi connectivity index (χ2n) is 6.47. The van der Waals surface area contributed by atoms with Gasteiger partial charge in [0.1, 0.15) is 0 Å². The highest BCUT2D eigenvalue weighted by molar-refractivity contribution is 5.83. The first-order chi connectivity index (χ1) is 10.9. The van der Waals surface area contributed by atoms with Crippen molar-refractivity contribution < 1.29 is 4.79 Å². The van der Waals surface area contributed by atoms with E-state index < -0.39 is 5.41 Å². The zero-order chi connectivity index (χ0) is 17.7. The first kappa shape index (κ1) is 21.5. The molecule has 0 rings (SSSR count). The fourth-order valence-electron chi connectivity index (χ4n) is 2.13. The van der Waals surface area contributed by atoms with Crippen molar-refractivity contribution in [1.82, 2.24) is 15.5 Å². The van der Waals surface area contributed by atoms with Gasteiger partial charge in [0.15, 0.2) is 5.96 Å². The van der Waals surface area contributed by atoms with Crippen molar-refractivity contribution >= 4 is 11.9 Å². The summed E-state index contributed by atoms with van der Waals surface area (Å²) in [5, 5.41) is 6.18. The molecule has 0 heterocycles. The lowest BCUT2D eigenvalue weighted by molar-refractivity contribution is -0.128. The minimum Gasteiger partial charge on any atom is -0.357 e. The van der Waals surface area contributed by atoms with E-state index >= 15 is 0 Å². The molecule has 0 aliphatic carbocycles. The summed E-state index contributed by atoms with van der Waals surface area (Å²) in [4.78, 5) is 18.9. The summed E-state index contributed by atoms with van der Waals surface area (Å²) in [6, 6.07) is 0. The first-order valence-electron chi connectivity index (χ1n) is 8.77. The fourth-order valence-corrected chi connectivity index (χ4v) is 2.13. The molecular weight excluding hydrogens is 288 g/mol. The standard InChI is InChI=1S/C18H36N4O/c1-7-10-11-12-13-14-22(6)17(20-9-3)21-15-18(4,5)16(23)19-8-2/h7H,1,8-15H2,2-6H3,(H,19,23)(H,20,21). The lowest BCUT2D eigenvalue weighted by atomic mass is 9.92. The van der Waals surface area contributed by atoms with Gasteiger partial charge in [-0.2, -0.15) is 0 Å². The number of nitrogens with zero attached hydrogens (tertiary/aromatic N) is 2. The summed E-state index contributed by atoms with van der Waals surface area (Å²) in [6.07, 6.45) is 6.57. The van der Waals surface area contributed by atoms with Crippen molar-refractivity contribution in [3.05, 3.63) is 12.7 Å². The van der Waals surface area contributed by atoms with E-state index in [0.717, 1.165) is 31.9 Å². The topological polar surface area (TPSA) is 56.7 Å². The van der Waals surface area contributed by atoms with Gasteiger partial charge in [0.05, 0.1) is 12.0 Å². The van der Waals surface area contributed by atoms with E-state index in [1.165, 1.54) is 12.8 Å².